The summed E-state index contributed by atoms with van der Waals surface area (Å²) in [4.78, 5) is 4.45. The highest BCUT2D eigenvalue weighted by molar-refractivity contribution is 5.80. The molecular formula is C19H16FN. The standard InChI is InChI=1S/C19H16FN/c1-13-8-9-15(11-14(13)2)18-7-4-10-21-19(18)16-5-3-6-17(20)12-16/h3-12H,1-2H3. The zero-order valence-electron chi connectivity index (χ0n) is 12.1. The Labute approximate surface area is 124 Å². The third-order valence-corrected chi connectivity index (χ3v) is 3.72. The summed E-state index contributed by atoms with van der Waals surface area (Å²) >= 11 is 0. The lowest BCUT2D eigenvalue weighted by molar-refractivity contribution is 0.628. The number of rotatable bonds is 2. The van der Waals surface area contributed by atoms with Crippen molar-refractivity contribution in [2.75, 3.05) is 0 Å². The van der Waals surface area contributed by atoms with E-state index in [-0.39, 0.29) is 5.82 Å². The summed E-state index contributed by atoms with van der Waals surface area (Å²) in [6.07, 6.45) is 1.74. The van der Waals surface area contributed by atoms with Crippen molar-refractivity contribution in [1.82, 2.24) is 4.98 Å². The SMILES string of the molecule is Cc1ccc(-c2cccnc2-c2cccc(F)c2)cc1C. The first-order valence-corrected chi connectivity index (χ1v) is 6.94. The van der Waals surface area contributed by atoms with Gasteiger partial charge in [0.1, 0.15) is 5.82 Å². The summed E-state index contributed by atoms with van der Waals surface area (Å²) in [7, 11) is 0. The van der Waals surface area contributed by atoms with E-state index in [1.165, 1.54) is 23.3 Å². The predicted molar refractivity (Wildman–Crippen MR) is 84.5 cm³/mol. The second-order valence-corrected chi connectivity index (χ2v) is 5.21. The summed E-state index contributed by atoms with van der Waals surface area (Å²) < 4.78 is 13.5. The monoisotopic (exact) mass is 277 g/mol. The van der Waals surface area contributed by atoms with E-state index in [9.17, 15) is 4.39 Å². The van der Waals surface area contributed by atoms with E-state index in [4.69, 9.17) is 0 Å². The maximum Gasteiger partial charge on any atom is 0.123 e. The number of halogens is 1. The first-order chi connectivity index (χ1) is 10.1. The molecule has 3 aromatic rings. The van der Waals surface area contributed by atoms with E-state index in [0.29, 0.717) is 0 Å². The van der Waals surface area contributed by atoms with Crippen LogP contribution in [-0.2, 0) is 0 Å². The first-order valence-electron chi connectivity index (χ1n) is 6.94. The van der Waals surface area contributed by atoms with Crippen molar-refractivity contribution < 1.29 is 4.39 Å². The minimum Gasteiger partial charge on any atom is -0.256 e. The molecule has 3 rings (SSSR count). The van der Waals surface area contributed by atoms with Crippen LogP contribution in [0.2, 0.25) is 0 Å². The molecular weight excluding hydrogens is 261 g/mol. The molecule has 1 nitrogen and oxygen atoms in total. The minimum absolute atomic E-state index is 0.246. The molecule has 0 bridgehead atoms. The van der Waals surface area contributed by atoms with Gasteiger partial charge in [-0.05, 0) is 48.7 Å². The molecule has 104 valence electrons. The molecule has 0 spiro atoms. The van der Waals surface area contributed by atoms with Crippen LogP contribution in [0.1, 0.15) is 11.1 Å². The number of pyridine rings is 1. The second kappa shape index (κ2) is 5.49. The third-order valence-electron chi connectivity index (χ3n) is 3.72. The van der Waals surface area contributed by atoms with E-state index < -0.39 is 0 Å². The Morgan fingerprint density at radius 3 is 2.43 bits per heavy atom. The topological polar surface area (TPSA) is 12.9 Å². The van der Waals surface area contributed by atoms with Gasteiger partial charge in [0.05, 0.1) is 5.69 Å². The molecule has 1 heterocycles. The summed E-state index contributed by atoms with van der Waals surface area (Å²) in [6.45, 7) is 4.19. The van der Waals surface area contributed by atoms with Gasteiger partial charge in [0.2, 0.25) is 0 Å². The van der Waals surface area contributed by atoms with Gasteiger partial charge in [0, 0.05) is 17.3 Å². The Balaban J connectivity index is 2.18. The molecule has 0 aliphatic rings. The molecule has 0 aliphatic carbocycles. The van der Waals surface area contributed by atoms with E-state index in [1.807, 2.05) is 18.2 Å². The fourth-order valence-electron chi connectivity index (χ4n) is 2.41. The average molecular weight is 277 g/mol. The van der Waals surface area contributed by atoms with Crippen molar-refractivity contribution in [3.8, 4) is 22.4 Å². The van der Waals surface area contributed by atoms with Gasteiger partial charge >= 0.3 is 0 Å². The lowest BCUT2D eigenvalue weighted by Crippen LogP contribution is -1.91. The highest BCUT2D eigenvalue weighted by atomic mass is 19.1. The number of hydrogen-bond acceptors (Lipinski definition) is 1. The number of benzene rings is 2. The summed E-state index contributed by atoms with van der Waals surface area (Å²) in [5.74, 6) is -0.246. The van der Waals surface area contributed by atoms with Crippen molar-refractivity contribution in [3.63, 3.8) is 0 Å². The molecule has 0 atom stereocenters. The number of aryl methyl sites for hydroxylation is 2. The van der Waals surface area contributed by atoms with Gasteiger partial charge in [0.15, 0.2) is 0 Å². The number of aromatic nitrogens is 1. The number of nitrogens with zero attached hydrogens (tertiary/aromatic N) is 1. The maximum atomic E-state index is 13.5. The minimum atomic E-state index is -0.246. The number of hydrogen-bond donors (Lipinski definition) is 0. The predicted octanol–water partition coefficient (Wildman–Crippen LogP) is 5.17. The molecule has 0 unspecified atom stereocenters. The smallest absolute Gasteiger partial charge is 0.123 e. The van der Waals surface area contributed by atoms with Gasteiger partial charge in [-0.3, -0.25) is 4.98 Å². The van der Waals surface area contributed by atoms with Crippen LogP contribution in [0, 0.1) is 19.7 Å². The second-order valence-electron chi connectivity index (χ2n) is 5.21. The van der Waals surface area contributed by atoms with Crippen LogP contribution >= 0.6 is 0 Å². The Kier molecular flexibility index (Phi) is 3.53. The molecule has 0 aliphatic heterocycles. The highest BCUT2D eigenvalue weighted by Crippen LogP contribution is 2.31. The lowest BCUT2D eigenvalue weighted by atomic mass is 9.96. The van der Waals surface area contributed by atoms with Crippen LogP contribution in [0.25, 0.3) is 22.4 Å². The fraction of sp³-hybridized carbons (Fsp3) is 0.105. The molecule has 0 radical (unpaired) electrons. The van der Waals surface area contributed by atoms with Crippen molar-refractivity contribution in [2.45, 2.75) is 13.8 Å². The molecule has 0 amide bonds. The Morgan fingerprint density at radius 2 is 1.67 bits per heavy atom. The molecule has 0 fully saturated rings. The molecule has 0 saturated heterocycles. The van der Waals surface area contributed by atoms with Crippen LogP contribution in [0.3, 0.4) is 0 Å². The van der Waals surface area contributed by atoms with Gasteiger partial charge in [-0.2, -0.15) is 0 Å². The zero-order valence-corrected chi connectivity index (χ0v) is 12.1. The van der Waals surface area contributed by atoms with Gasteiger partial charge in [-0.1, -0.05) is 36.4 Å². The third kappa shape index (κ3) is 2.70. The van der Waals surface area contributed by atoms with Gasteiger partial charge in [-0.25, -0.2) is 4.39 Å². The molecule has 2 aromatic carbocycles. The largest absolute Gasteiger partial charge is 0.256 e. The maximum absolute atomic E-state index is 13.5. The van der Waals surface area contributed by atoms with Crippen molar-refractivity contribution in [3.05, 3.63) is 77.7 Å². The quantitative estimate of drug-likeness (QED) is 0.629. The molecule has 0 saturated carbocycles. The normalized spacial score (nSPS) is 10.6. The van der Waals surface area contributed by atoms with Gasteiger partial charge < -0.3 is 0 Å². The van der Waals surface area contributed by atoms with Gasteiger partial charge in [0.25, 0.3) is 0 Å². The fourth-order valence-corrected chi connectivity index (χ4v) is 2.41. The Hall–Kier alpha value is -2.48. The highest BCUT2D eigenvalue weighted by Gasteiger charge is 2.09. The van der Waals surface area contributed by atoms with Crippen LogP contribution in [0.15, 0.2) is 60.8 Å². The van der Waals surface area contributed by atoms with Crippen molar-refractivity contribution in [1.29, 1.82) is 0 Å². The van der Waals surface area contributed by atoms with Crippen molar-refractivity contribution in [2.24, 2.45) is 0 Å². The summed E-state index contributed by atoms with van der Waals surface area (Å²) in [6, 6.07) is 16.8. The van der Waals surface area contributed by atoms with Gasteiger partial charge in [-0.15, -0.1) is 0 Å². The summed E-state index contributed by atoms with van der Waals surface area (Å²) in [5, 5.41) is 0. The van der Waals surface area contributed by atoms with E-state index in [1.54, 1.807) is 12.3 Å². The summed E-state index contributed by atoms with van der Waals surface area (Å²) in [5.41, 5.74) is 6.22. The van der Waals surface area contributed by atoms with Crippen LogP contribution in [0.5, 0.6) is 0 Å². The van der Waals surface area contributed by atoms with E-state index >= 15 is 0 Å². The van der Waals surface area contributed by atoms with E-state index in [0.717, 1.165) is 22.4 Å². The molecule has 2 heteroatoms. The average Bonchev–Trinajstić information content (AvgIpc) is 2.50. The van der Waals surface area contributed by atoms with Crippen molar-refractivity contribution >= 4 is 0 Å². The van der Waals surface area contributed by atoms with Crippen LogP contribution in [0.4, 0.5) is 4.39 Å². The molecule has 21 heavy (non-hydrogen) atoms. The first kappa shape index (κ1) is 13.5. The van der Waals surface area contributed by atoms with Crippen LogP contribution in [-0.4, -0.2) is 4.98 Å². The Morgan fingerprint density at radius 1 is 0.810 bits per heavy atom. The Bertz CT molecular complexity index is 793. The molecule has 0 N–H and O–H groups in total. The lowest BCUT2D eigenvalue weighted by Gasteiger charge is -2.10. The zero-order chi connectivity index (χ0) is 14.8. The van der Waals surface area contributed by atoms with Crippen LogP contribution < -0.4 is 0 Å². The van der Waals surface area contributed by atoms with E-state index in [2.05, 4.69) is 37.0 Å². The molecule has 1 aromatic heterocycles.